The molecule has 1 aliphatic heterocycles. The average molecular weight is 443 g/mol. The Morgan fingerprint density at radius 1 is 1.23 bits per heavy atom. The second-order valence-corrected chi connectivity index (χ2v) is 8.73. The third-order valence-corrected chi connectivity index (χ3v) is 6.00. The summed E-state index contributed by atoms with van der Waals surface area (Å²) in [7, 11) is 0. The van der Waals surface area contributed by atoms with Crippen LogP contribution >= 0.6 is 11.6 Å². The summed E-state index contributed by atoms with van der Waals surface area (Å²) in [5.41, 5.74) is 1.86. The molecule has 1 aliphatic rings. The van der Waals surface area contributed by atoms with Crippen LogP contribution in [0.5, 0.6) is 0 Å². The highest BCUT2D eigenvalue weighted by atomic mass is 35.5. The molecule has 0 radical (unpaired) electrons. The van der Waals surface area contributed by atoms with E-state index in [1.165, 1.54) is 11.8 Å². The SMILES string of the molecule is CCN(Cc1ccc(C(=O)N2CCCC(C(=O)Nc3ccc(Cl)cn3)C2)cc1)C(C)C. The van der Waals surface area contributed by atoms with Gasteiger partial charge in [0.25, 0.3) is 5.91 Å². The van der Waals surface area contributed by atoms with E-state index >= 15 is 0 Å². The van der Waals surface area contributed by atoms with Crippen molar-refractivity contribution in [3.05, 3.63) is 58.7 Å². The molecule has 3 rings (SSSR count). The summed E-state index contributed by atoms with van der Waals surface area (Å²) in [5, 5.41) is 3.35. The van der Waals surface area contributed by atoms with Crippen LogP contribution in [0.2, 0.25) is 5.02 Å². The van der Waals surface area contributed by atoms with Crippen molar-refractivity contribution in [3.63, 3.8) is 0 Å². The summed E-state index contributed by atoms with van der Waals surface area (Å²) in [6.07, 6.45) is 3.05. The highest BCUT2D eigenvalue weighted by Crippen LogP contribution is 2.21. The molecule has 1 aromatic heterocycles. The van der Waals surface area contributed by atoms with Crippen molar-refractivity contribution in [3.8, 4) is 0 Å². The normalized spacial score (nSPS) is 16.6. The number of carbonyl (C=O) groups excluding carboxylic acids is 2. The van der Waals surface area contributed by atoms with Gasteiger partial charge in [-0.15, -0.1) is 0 Å². The van der Waals surface area contributed by atoms with E-state index in [-0.39, 0.29) is 17.7 Å². The predicted octanol–water partition coefficient (Wildman–Crippen LogP) is 4.46. The van der Waals surface area contributed by atoms with Crippen LogP contribution in [0.15, 0.2) is 42.6 Å². The lowest BCUT2D eigenvalue weighted by atomic mass is 9.96. The molecule has 1 N–H and O–H groups in total. The Hall–Kier alpha value is -2.44. The summed E-state index contributed by atoms with van der Waals surface area (Å²) in [6.45, 7) is 9.47. The van der Waals surface area contributed by atoms with Crippen LogP contribution in [0.3, 0.4) is 0 Å². The summed E-state index contributed by atoms with van der Waals surface area (Å²) < 4.78 is 0. The van der Waals surface area contributed by atoms with Crippen molar-refractivity contribution >= 4 is 29.2 Å². The molecule has 1 fully saturated rings. The van der Waals surface area contributed by atoms with E-state index in [1.807, 2.05) is 24.3 Å². The van der Waals surface area contributed by atoms with Crippen molar-refractivity contribution in [2.45, 2.75) is 46.2 Å². The van der Waals surface area contributed by atoms with Crippen LogP contribution in [0.25, 0.3) is 0 Å². The summed E-state index contributed by atoms with van der Waals surface area (Å²) >= 11 is 5.84. The molecule has 2 aromatic rings. The number of piperidine rings is 1. The largest absolute Gasteiger partial charge is 0.338 e. The van der Waals surface area contributed by atoms with Gasteiger partial charge in [0.1, 0.15) is 5.82 Å². The molecule has 2 heterocycles. The molecular weight excluding hydrogens is 412 g/mol. The van der Waals surface area contributed by atoms with E-state index in [0.29, 0.717) is 35.5 Å². The van der Waals surface area contributed by atoms with Gasteiger partial charge in [0.15, 0.2) is 0 Å². The van der Waals surface area contributed by atoms with Crippen LogP contribution in [-0.4, -0.2) is 52.3 Å². The zero-order chi connectivity index (χ0) is 22.4. The van der Waals surface area contributed by atoms with Gasteiger partial charge in [-0.1, -0.05) is 30.7 Å². The number of nitrogens with one attached hydrogen (secondary N) is 1. The second kappa shape index (κ2) is 10.7. The second-order valence-electron chi connectivity index (χ2n) is 8.29. The first-order valence-corrected chi connectivity index (χ1v) is 11.3. The van der Waals surface area contributed by atoms with Crippen LogP contribution in [0, 0.1) is 5.92 Å². The maximum absolute atomic E-state index is 13.0. The van der Waals surface area contributed by atoms with Gasteiger partial charge in [0.2, 0.25) is 5.91 Å². The third kappa shape index (κ3) is 6.28. The van der Waals surface area contributed by atoms with Crippen molar-refractivity contribution in [2.75, 3.05) is 25.0 Å². The maximum Gasteiger partial charge on any atom is 0.253 e. The summed E-state index contributed by atoms with van der Waals surface area (Å²) in [6, 6.07) is 11.7. The minimum atomic E-state index is -0.251. The van der Waals surface area contributed by atoms with Crippen molar-refractivity contribution in [2.24, 2.45) is 5.92 Å². The molecule has 0 spiro atoms. The number of anilines is 1. The predicted molar refractivity (Wildman–Crippen MR) is 124 cm³/mol. The number of hydrogen-bond donors (Lipinski definition) is 1. The van der Waals surface area contributed by atoms with Gasteiger partial charge in [-0.3, -0.25) is 14.5 Å². The average Bonchev–Trinajstić information content (AvgIpc) is 2.78. The monoisotopic (exact) mass is 442 g/mol. The number of rotatable bonds is 7. The van der Waals surface area contributed by atoms with Crippen LogP contribution in [-0.2, 0) is 11.3 Å². The zero-order valence-corrected chi connectivity index (χ0v) is 19.2. The smallest absolute Gasteiger partial charge is 0.253 e. The fourth-order valence-corrected chi connectivity index (χ4v) is 3.99. The number of hydrogen-bond acceptors (Lipinski definition) is 4. The molecule has 6 nitrogen and oxygen atoms in total. The minimum absolute atomic E-state index is 0.0233. The first kappa shape index (κ1) is 23.2. The molecule has 0 aliphatic carbocycles. The lowest BCUT2D eigenvalue weighted by Crippen LogP contribution is -2.43. The van der Waals surface area contributed by atoms with E-state index in [4.69, 9.17) is 11.6 Å². The molecule has 166 valence electrons. The molecule has 1 aromatic carbocycles. The van der Waals surface area contributed by atoms with Crippen molar-refractivity contribution in [1.82, 2.24) is 14.8 Å². The van der Waals surface area contributed by atoms with E-state index in [9.17, 15) is 9.59 Å². The number of carbonyl (C=O) groups is 2. The molecular formula is C24H31ClN4O2. The van der Waals surface area contributed by atoms with Crippen LogP contribution < -0.4 is 5.32 Å². The Morgan fingerprint density at radius 3 is 2.58 bits per heavy atom. The summed E-state index contributed by atoms with van der Waals surface area (Å²) in [4.78, 5) is 33.9. The van der Waals surface area contributed by atoms with E-state index in [1.54, 1.807) is 17.0 Å². The first-order chi connectivity index (χ1) is 14.9. The molecule has 1 atom stereocenters. The number of pyridine rings is 1. The number of nitrogens with zero attached hydrogens (tertiary/aromatic N) is 3. The van der Waals surface area contributed by atoms with Gasteiger partial charge >= 0.3 is 0 Å². The van der Waals surface area contributed by atoms with Gasteiger partial charge in [0, 0.05) is 37.4 Å². The molecule has 7 heteroatoms. The first-order valence-electron chi connectivity index (χ1n) is 10.9. The Balaban J connectivity index is 1.59. The van der Waals surface area contributed by atoms with Gasteiger partial charge < -0.3 is 10.2 Å². The van der Waals surface area contributed by atoms with Gasteiger partial charge in [-0.2, -0.15) is 0 Å². The molecule has 2 amide bonds. The lowest BCUT2D eigenvalue weighted by Gasteiger charge is -2.32. The quantitative estimate of drug-likeness (QED) is 0.687. The number of halogens is 1. The Labute approximate surface area is 189 Å². The number of aromatic nitrogens is 1. The van der Waals surface area contributed by atoms with Gasteiger partial charge in [-0.05, 0) is 63.1 Å². The molecule has 0 bridgehead atoms. The number of amides is 2. The molecule has 31 heavy (non-hydrogen) atoms. The lowest BCUT2D eigenvalue weighted by molar-refractivity contribution is -0.121. The fraction of sp³-hybridized carbons (Fsp3) is 0.458. The Morgan fingerprint density at radius 2 is 1.97 bits per heavy atom. The fourth-order valence-electron chi connectivity index (χ4n) is 3.88. The van der Waals surface area contributed by atoms with E-state index < -0.39 is 0 Å². The zero-order valence-electron chi connectivity index (χ0n) is 18.5. The molecule has 1 saturated heterocycles. The van der Waals surface area contributed by atoms with E-state index in [2.05, 4.69) is 36.0 Å². The standard InChI is InChI=1S/C24H31ClN4O2/c1-4-28(17(2)3)15-18-7-9-19(10-8-18)24(31)29-13-5-6-20(16-29)23(30)27-22-12-11-21(25)14-26-22/h7-12,14,17,20H,4-6,13,15-16H2,1-3H3,(H,26,27,30). The minimum Gasteiger partial charge on any atom is -0.338 e. The molecule has 1 unspecified atom stereocenters. The molecule has 0 saturated carbocycles. The topological polar surface area (TPSA) is 65.5 Å². The Bertz CT molecular complexity index is 883. The van der Waals surface area contributed by atoms with Gasteiger partial charge in [0.05, 0.1) is 10.9 Å². The van der Waals surface area contributed by atoms with E-state index in [0.717, 1.165) is 25.9 Å². The van der Waals surface area contributed by atoms with Crippen LogP contribution in [0.1, 0.15) is 49.5 Å². The highest BCUT2D eigenvalue weighted by molar-refractivity contribution is 6.30. The van der Waals surface area contributed by atoms with Crippen molar-refractivity contribution in [1.29, 1.82) is 0 Å². The summed E-state index contributed by atoms with van der Waals surface area (Å²) in [5.74, 6) is 0.0791. The number of likely N-dealkylation sites (tertiary alicyclic amines) is 1. The Kier molecular flexibility index (Phi) is 8.04. The highest BCUT2D eigenvalue weighted by Gasteiger charge is 2.29. The van der Waals surface area contributed by atoms with Gasteiger partial charge in [-0.25, -0.2) is 4.98 Å². The third-order valence-electron chi connectivity index (χ3n) is 5.78. The van der Waals surface area contributed by atoms with Crippen LogP contribution in [0.4, 0.5) is 5.82 Å². The number of benzene rings is 1. The van der Waals surface area contributed by atoms with Crippen molar-refractivity contribution < 1.29 is 9.59 Å². The maximum atomic E-state index is 13.0.